The minimum atomic E-state index is -0.260. The largest absolute Gasteiger partial charge is 0.344 e. The van der Waals surface area contributed by atoms with Crippen molar-refractivity contribution < 1.29 is 4.79 Å². The third kappa shape index (κ3) is 3.66. The van der Waals surface area contributed by atoms with Crippen molar-refractivity contribution in [3.8, 4) is 0 Å². The quantitative estimate of drug-likeness (QED) is 0.897. The number of para-hydroxylation sites is 2. The minimum Gasteiger partial charge on any atom is -0.344 e. The van der Waals surface area contributed by atoms with Gasteiger partial charge in [-0.25, -0.2) is 4.98 Å². The third-order valence-electron chi connectivity index (χ3n) is 4.01. The van der Waals surface area contributed by atoms with Crippen molar-refractivity contribution in [3.05, 3.63) is 36.2 Å². The highest BCUT2D eigenvalue weighted by molar-refractivity contribution is 5.94. The molecule has 2 aromatic rings. The van der Waals surface area contributed by atoms with E-state index in [0.29, 0.717) is 12.2 Å². The Balaban J connectivity index is 0.00000121. The Morgan fingerprint density at radius 3 is 2.45 bits per heavy atom. The summed E-state index contributed by atoms with van der Waals surface area (Å²) in [6, 6.07) is 7.52. The van der Waals surface area contributed by atoms with Crippen molar-refractivity contribution in [3.63, 3.8) is 0 Å². The lowest BCUT2D eigenvalue weighted by molar-refractivity contribution is 0.0898. The average molecular weight is 343 g/mol. The number of amides is 1. The SMILES string of the molecule is Cl.Cl.NCC1(NC(=O)c2cnc3ccccc3n2)CCCC1. The highest BCUT2D eigenvalue weighted by Gasteiger charge is 2.34. The van der Waals surface area contributed by atoms with Gasteiger partial charge in [0.1, 0.15) is 5.69 Å². The maximum Gasteiger partial charge on any atom is 0.271 e. The number of nitrogens with one attached hydrogen (secondary N) is 1. The molecule has 22 heavy (non-hydrogen) atoms. The number of fused-ring (bicyclic) bond motifs is 1. The zero-order valence-electron chi connectivity index (χ0n) is 12.1. The molecule has 5 nitrogen and oxygen atoms in total. The predicted octanol–water partition coefficient (Wildman–Crippen LogP) is 2.47. The summed E-state index contributed by atoms with van der Waals surface area (Å²) in [5, 5.41) is 3.06. The number of benzene rings is 1. The molecule has 3 rings (SSSR count). The lowest BCUT2D eigenvalue weighted by Crippen LogP contribution is -2.51. The molecule has 3 N–H and O–H groups in total. The standard InChI is InChI=1S/C15H18N4O.2ClH/c16-10-15(7-3-4-8-15)19-14(20)13-9-17-11-5-1-2-6-12(11)18-13;;/h1-2,5-6,9H,3-4,7-8,10,16H2,(H,19,20);2*1H. The summed E-state index contributed by atoms with van der Waals surface area (Å²) < 4.78 is 0. The van der Waals surface area contributed by atoms with Gasteiger partial charge >= 0.3 is 0 Å². The molecule has 0 spiro atoms. The molecule has 1 aliphatic carbocycles. The zero-order valence-corrected chi connectivity index (χ0v) is 13.8. The molecule has 1 aromatic heterocycles. The van der Waals surface area contributed by atoms with Crippen LogP contribution in [0.1, 0.15) is 36.2 Å². The number of carbonyl (C=O) groups is 1. The molecule has 1 amide bonds. The monoisotopic (exact) mass is 342 g/mol. The van der Waals surface area contributed by atoms with Crippen LogP contribution in [-0.2, 0) is 0 Å². The Hall–Kier alpha value is -1.43. The Kier molecular flexibility index (Phi) is 6.53. The van der Waals surface area contributed by atoms with E-state index in [0.717, 1.165) is 36.7 Å². The Morgan fingerprint density at radius 1 is 1.18 bits per heavy atom. The number of hydrogen-bond acceptors (Lipinski definition) is 4. The lowest BCUT2D eigenvalue weighted by Gasteiger charge is -2.28. The van der Waals surface area contributed by atoms with E-state index >= 15 is 0 Å². The van der Waals surface area contributed by atoms with E-state index in [-0.39, 0.29) is 36.3 Å². The van der Waals surface area contributed by atoms with Gasteiger partial charge in [0.05, 0.1) is 22.8 Å². The van der Waals surface area contributed by atoms with Crippen LogP contribution in [0.2, 0.25) is 0 Å². The van der Waals surface area contributed by atoms with Crippen molar-refractivity contribution in [2.75, 3.05) is 6.54 Å². The number of nitrogens with zero attached hydrogens (tertiary/aromatic N) is 2. The van der Waals surface area contributed by atoms with Gasteiger partial charge in [-0.2, -0.15) is 0 Å². The summed E-state index contributed by atoms with van der Waals surface area (Å²) in [4.78, 5) is 21.0. The van der Waals surface area contributed by atoms with Crippen molar-refractivity contribution >= 4 is 41.8 Å². The zero-order chi connectivity index (χ0) is 14.0. The highest BCUT2D eigenvalue weighted by Crippen LogP contribution is 2.28. The summed E-state index contributed by atoms with van der Waals surface area (Å²) in [7, 11) is 0. The topological polar surface area (TPSA) is 80.9 Å². The van der Waals surface area contributed by atoms with Gasteiger partial charge in [0.25, 0.3) is 5.91 Å². The molecule has 0 aliphatic heterocycles. The van der Waals surface area contributed by atoms with Crippen LogP contribution in [0.5, 0.6) is 0 Å². The van der Waals surface area contributed by atoms with Gasteiger partial charge in [-0.05, 0) is 25.0 Å². The first-order chi connectivity index (χ1) is 9.72. The molecular weight excluding hydrogens is 323 g/mol. The van der Waals surface area contributed by atoms with Gasteiger partial charge in [0, 0.05) is 6.54 Å². The molecule has 1 aliphatic rings. The number of halogens is 2. The molecule has 0 saturated heterocycles. The predicted molar refractivity (Wildman–Crippen MR) is 91.8 cm³/mol. The number of nitrogens with two attached hydrogens (primary N) is 1. The van der Waals surface area contributed by atoms with Gasteiger partial charge in [-0.15, -0.1) is 24.8 Å². The Morgan fingerprint density at radius 2 is 1.82 bits per heavy atom. The first-order valence-electron chi connectivity index (χ1n) is 6.97. The second-order valence-corrected chi connectivity index (χ2v) is 5.39. The van der Waals surface area contributed by atoms with Gasteiger partial charge in [0.2, 0.25) is 0 Å². The minimum absolute atomic E-state index is 0. The molecule has 0 bridgehead atoms. The maximum atomic E-state index is 12.3. The molecule has 7 heteroatoms. The Labute approximate surface area is 141 Å². The van der Waals surface area contributed by atoms with Crippen LogP contribution in [0.25, 0.3) is 11.0 Å². The number of carbonyl (C=O) groups excluding carboxylic acids is 1. The molecule has 1 saturated carbocycles. The van der Waals surface area contributed by atoms with Crippen LogP contribution in [0.4, 0.5) is 0 Å². The molecule has 1 aromatic carbocycles. The van der Waals surface area contributed by atoms with Crippen LogP contribution < -0.4 is 11.1 Å². The van der Waals surface area contributed by atoms with Gasteiger partial charge in [0.15, 0.2) is 0 Å². The third-order valence-corrected chi connectivity index (χ3v) is 4.01. The smallest absolute Gasteiger partial charge is 0.271 e. The molecule has 1 heterocycles. The van der Waals surface area contributed by atoms with Crippen LogP contribution in [0, 0.1) is 0 Å². The van der Waals surface area contributed by atoms with E-state index < -0.39 is 0 Å². The summed E-state index contributed by atoms with van der Waals surface area (Å²) >= 11 is 0. The van der Waals surface area contributed by atoms with E-state index in [1.165, 1.54) is 6.20 Å². The van der Waals surface area contributed by atoms with Gasteiger partial charge in [-0.1, -0.05) is 25.0 Å². The van der Waals surface area contributed by atoms with Crippen LogP contribution >= 0.6 is 24.8 Å². The fraction of sp³-hybridized carbons (Fsp3) is 0.400. The number of hydrogen-bond donors (Lipinski definition) is 2. The van der Waals surface area contributed by atoms with Gasteiger partial charge in [-0.3, -0.25) is 9.78 Å². The number of rotatable bonds is 3. The van der Waals surface area contributed by atoms with E-state index in [9.17, 15) is 4.79 Å². The fourth-order valence-electron chi connectivity index (χ4n) is 2.80. The summed E-state index contributed by atoms with van der Waals surface area (Å²) in [6.45, 7) is 0.472. The van der Waals surface area contributed by atoms with Gasteiger partial charge < -0.3 is 11.1 Å². The molecule has 0 unspecified atom stereocenters. The maximum absolute atomic E-state index is 12.3. The van der Waals surface area contributed by atoms with Crippen molar-refractivity contribution in [1.29, 1.82) is 0 Å². The van der Waals surface area contributed by atoms with Crippen LogP contribution in [0.15, 0.2) is 30.5 Å². The van der Waals surface area contributed by atoms with Crippen LogP contribution in [-0.4, -0.2) is 28.0 Å². The first-order valence-corrected chi connectivity index (χ1v) is 6.97. The first kappa shape index (κ1) is 18.6. The molecule has 1 fully saturated rings. The Bertz CT molecular complexity index is 644. The average Bonchev–Trinajstić information content (AvgIpc) is 2.96. The van der Waals surface area contributed by atoms with E-state index in [4.69, 9.17) is 5.73 Å². The second-order valence-electron chi connectivity index (χ2n) is 5.39. The highest BCUT2D eigenvalue weighted by atomic mass is 35.5. The summed E-state index contributed by atoms with van der Waals surface area (Å²) in [5.74, 6) is -0.185. The van der Waals surface area contributed by atoms with E-state index in [1.807, 2.05) is 24.3 Å². The van der Waals surface area contributed by atoms with Crippen molar-refractivity contribution in [1.82, 2.24) is 15.3 Å². The molecular formula is C15H20Cl2N4O. The van der Waals surface area contributed by atoms with E-state index in [1.54, 1.807) is 0 Å². The molecule has 120 valence electrons. The molecule has 0 radical (unpaired) electrons. The second kappa shape index (κ2) is 7.72. The van der Waals surface area contributed by atoms with Crippen LogP contribution in [0.3, 0.4) is 0 Å². The number of aromatic nitrogens is 2. The summed E-state index contributed by atoms with van der Waals surface area (Å²) in [5.41, 5.74) is 7.45. The lowest BCUT2D eigenvalue weighted by atomic mass is 9.97. The van der Waals surface area contributed by atoms with Crippen molar-refractivity contribution in [2.24, 2.45) is 5.73 Å². The fourth-order valence-corrected chi connectivity index (χ4v) is 2.80. The van der Waals surface area contributed by atoms with E-state index in [2.05, 4.69) is 15.3 Å². The molecule has 0 atom stereocenters. The summed E-state index contributed by atoms with van der Waals surface area (Å²) in [6.07, 6.45) is 5.63. The normalized spacial score (nSPS) is 15.7. The van der Waals surface area contributed by atoms with Crippen molar-refractivity contribution in [2.45, 2.75) is 31.2 Å².